The molecule has 0 aliphatic rings. The van der Waals surface area contributed by atoms with Gasteiger partial charge >= 0.3 is 0 Å². The first-order valence-electron chi connectivity index (χ1n) is 5.00. The lowest BCUT2D eigenvalue weighted by atomic mass is 10.3. The molecule has 1 rings (SSSR count). The molecule has 0 unspecified atom stereocenters. The largest absolute Gasteiger partial charge is 0.385 e. The molecular formula is C10H16N2O3S. The van der Waals surface area contributed by atoms with Crippen molar-refractivity contribution in [1.82, 2.24) is 5.32 Å². The zero-order valence-corrected chi connectivity index (χ0v) is 9.92. The van der Waals surface area contributed by atoms with Crippen LogP contribution in [-0.4, -0.2) is 33.1 Å². The van der Waals surface area contributed by atoms with Gasteiger partial charge in [0.2, 0.25) is 0 Å². The van der Waals surface area contributed by atoms with Gasteiger partial charge in [0.1, 0.15) is 0 Å². The van der Waals surface area contributed by atoms with Crippen molar-refractivity contribution in [2.75, 3.05) is 25.5 Å². The van der Waals surface area contributed by atoms with E-state index in [1.165, 1.54) is 12.1 Å². The Morgan fingerprint density at radius 3 is 2.31 bits per heavy atom. The number of rotatable bonds is 6. The molecule has 3 N–H and O–H groups in total. The Labute approximate surface area is 95.6 Å². The first kappa shape index (κ1) is 13.0. The topological polar surface area (TPSA) is 78.4 Å². The van der Waals surface area contributed by atoms with Crippen molar-refractivity contribution in [1.29, 1.82) is 0 Å². The Kier molecular flexibility index (Phi) is 4.72. The van der Waals surface area contributed by atoms with E-state index in [2.05, 4.69) is 10.6 Å². The fourth-order valence-corrected chi connectivity index (χ4v) is 1.72. The van der Waals surface area contributed by atoms with Gasteiger partial charge in [0, 0.05) is 12.2 Å². The van der Waals surface area contributed by atoms with Crippen molar-refractivity contribution < 1.29 is 13.0 Å². The number of hydrogen-bond acceptors (Lipinski definition) is 4. The second-order valence-corrected chi connectivity index (χ2v) is 4.80. The highest BCUT2D eigenvalue weighted by Gasteiger charge is 2.07. The third-order valence-electron chi connectivity index (χ3n) is 2.08. The fraction of sp³-hybridized carbons (Fsp3) is 0.400. The van der Waals surface area contributed by atoms with Crippen LogP contribution in [0.3, 0.4) is 0 Å². The molecule has 0 saturated carbocycles. The number of nitrogens with one attached hydrogen (secondary N) is 2. The van der Waals surface area contributed by atoms with E-state index in [9.17, 15) is 8.42 Å². The van der Waals surface area contributed by atoms with Gasteiger partial charge in [-0.1, -0.05) is 0 Å². The van der Waals surface area contributed by atoms with Crippen LogP contribution in [0.2, 0.25) is 0 Å². The van der Waals surface area contributed by atoms with Gasteiger partial charge in [-0.2, -0.15) is 8.42 Å². The van der Waals surface area contributed by atoms with Crippen molar-refractivity contribution in [2.45, 2.75) is 11.3 Å². The summed E-state index contributed by atoms with van der Waals surface area (Å²) in [7, 11) is -2.20. The maximum absolute atomic E-state index is 10.8. The standard InChI is InChI=1S/C10H16N2O3S/c1-11-7-2-8-12-9-3-5-10(6-4-9)16(13,14)15/h3-6,11-12H,2,7-8H2,1H3,(H,13,14,15). The van der Waals surface area contributed by atoms with Crippen LogP contribution < -0.4 is 10.6 Å². The van der Waals surface area contributed by atoms with E-state index in [1.807, 2.05) is 7.05 Å². The Morgan fingerprint density at radius 1 is 1.19 bits per heavy atom. The average molecular weight is 244 g/mol. The normalized spacial score (nSPS) is 11.4. The Balaban J connectivity index is 2.52. The highest BCUT2D eigenvalue weighted by Crippen LogP contribution is 2.13. The molecule has 16 heavy (non-hydrogen) atoms. The van der Waals surface area contributed by atoms with E-state index < -0.39 is 10.1 Å². The maximum atomic E-state index is 10.8. The lowest BCUT2D eigenvalue weighted by molar-refractivity contribution is 0.483. The van der Waals surface area contributed by atoms with E-state index in [0.717, 1.165) is 25.2 Å². The maximum Gasteiger partial charge on any atom is 0.294 e. The first-order chi connectivity index (χ1) is 7.54. The smallest absolute Gasteiger partial charge is 0.294 e. The van der Waals surface area contributed by atoms with Crippen molar-refractivity contribution in [3.05, 3.63) is 24.3 Å². The predicted octanol–water partition coefficient (Wildman–Crippen LogP) is 0.955. The monoisotopic (exact) mass is 244 g/mol. The molecule has 0 amide bonds. The van der Waals surface area contributed by atoms with Crippen molar-refractivity contribution in [3.63, 3.8) is 0 Å². The molecule has 0 radical (unpaired) electrons. The van der Waals surface area contributed by atoms with E-state index in [4.69, 9.17) is 4.55 Å². The minimum absolute atomic E-state index is 0.0896. The summed E-state index contributed by atoms with van der Waals surface area (Å²) in [6.45, 7) is 1.74. The van der Waals surface area contributed by atoms with Crippen LogP contribution >= 0.6 is 0 Å². The molecule has 0 aliphatic heterocycles. The van der Waals surface area contributed by atoms with Gasteiger partial charge in [0.25, 0.3) is 10.1 Å². The van der Waals surface area contributed by atoms with Crippen LogP contribution in [0, 0.1) is 0 Å². The van der Waals surface area contributed by atoms with Crippen LogP contribution in [0.1, 0.15) is 6.42 Å². The molecule has 0 aliphatic carbocycles. The average Bonchev–Trinajstić information content (AvgIpc) is 2.24. The summed E-state index contributed by atoms with van der Waals surface area (Å²) >= 11 is 0. The molecule has 90 valence electrons. The summed E-state index contributed by atoms with van der Waals surface area (Å²) in [6, 6.07) is 6.00. The van der Waals surface area contributed by atoms with E-state index in [-0.39, 0.29) is 4.90 Å². The fourth-order valence-electron chi connectivity index (χ4n) is 1.24. The van der Waals surface area contributed by atoms with Crippen LogP contribution in [0.25, 0.3) is 0 Å². The molecule has 0 atom stereocenters. The lowest BCUT2D eigenvalue weighted by Gasteiger charge is -2.06. The Bertz CT molecular complexity index is 414. The molecule has 1 aromatic carbocycles. The Morgan fingerprint density at radius 2 is 1.81 bits per heavy atom. The first-order valence-corrected chi connectivity index (χ1v) is 6.44. The van der Waals surface area contributed by atoms with E-state index in [0.29, 0.717) is 0 Å². The summed E-state index contributed by atoms with van der Waals surface area (Å²) in [4.78, 5) is -0.0896. The summed E-state index contributed by atoms with van der Waals surface area (Å²) in [5, 5.41) is 6.17. The van der Waals surface area contributed by atoms with Gasteiger partial charge in [-0.3, -0.25) is 4.55 Å². The molecule has 5 nitrogen and oxygen atoms in total. The van der Waals surface area contributed by atoms with Crippen LogP contribution in [0.5, 0.6) is 0 Å². The summed E-state index contributed by atoms with van der Waals surface area (Å²) in [6.07, 6.45) is 0.983. The molecule has 1 aromatic rings. The van der Waals surface area contributed by atoms with Gasteiger partial charge in [-0.25, -0.2) is 0 Å². The number of anilines is 1. The highest BCUT2D eigenvalue weighted by molar-refractivity contribution is 7.85. The quantitative estimate of drug-likeness (QED) is 0.513. The lowest BCUT2D eigenvalue weighted by Crippen LogP contribution is -2.12. The third kappa shape index (κ3) is 4.18. The number of hydrogen-bond donors (Lipinski definition) is 3. The minimum atomic E-state index is -4.09. The van der Waals surface area contributed by atoms with Gasteiger partial charge in [-0.05, 0) is 44.3 Å². The van der Waals surface area contributed by atoms with Gasteiger partial charge in [-0.15, -0.1) is 0 Å². The summed E-state index contributed by atoms with van der Waals surface area (Å²) in [5.41, 5.74) is 0.837. The van der Waals surface area contributed by atoms with Crippen LogP contribution in [0.15, 0.2) is 29.2 Å². The molecular weight excluding hydrogens is 228 g/mol. The van der Waals surface area contributed by atoms with Gasteiger partial charge in [0.05, 0.1) is 4.90 Å². The Hall–Kier alpha value is -1.11. The SMILES string of the molecule is CNCCCNc1ccc(S(=O)(=O)O)cc1. The molecule has 0 aromatic heterocycles. The minimum Gasteiger partial charge on any atom is -0.385 e. The second kappa shape index (κ2) is 5.83. The second-order valence-electron chi connectivity index (χ2n) is 3.38. The number of benzene rings is 1. The van der Waals surface area contributed by atoms with Crippen molar-refractivity contribution in [2.24, 2.45) is 0 Å². The molecule has 0 spiro atoms. The van der Waals surface area contributed by atoms with Crippen molar-refractivity contribution in [3.8, 4) is 0 Å². The van der Waals surface area contributed by atoms with Crippen LogP contribution in [-0.2, 0) is 10.1 Å². The molecule has 6 heteroatoms. The van der Waals surface area contributed by atoms with Gasteiger partial charge < -0.3 is 10.6 Å². The summed E-state index contributed by atoms with van der Waals surface area (Å²) in [5.74, 6) is 0. The molecule has 0 heterocycles. The van der Waals surface area contributed by atoms with Crippen LogP contribution in [0.4, 0.5) is 5.69 Å². The molecule has 0 saturated heterocycles. The highest BCUT2D eigenvalue weighted by atomic mass is 32.2. The van der Waals surface area contributed by atoms with Gasteiger partial charge in [0.15, 0.2) is 0 Å². The van der Waals surface area contributed by atoms with Crippen molar-refractivity contribution >= 4 is 15.8 Å². The molecule has 0 fully saturated rings. The van der Waals surface area contributed by atoms with E-state index >= 15 is 0 Å². The third-order valence-corrected chi connectivity index (χ3v) is 2.95. The zero-order valence-electron chi connectivity index (χ0n) is 9.10. The predicted molar refractivity (Wildman–Crippen MR) is 63.3 cm³/mol. The van der Waals surface area contributed by atoms with E-state index in [1.54, 1.807) is 12.1 Å². The summed E-state index contributed by atoms with van der Waals surface area (Å²) < 4.78 is 30.3. The zero-order chi connectivity index (χ0) is 12.0. The molecule has 0 bridgehead atoms.